The summed E-state index contributed by atoms with van der Waals surface area (Å²) in [5.41, 5.74) is 5.38. The highest BCUT2D eigenvalue weighted by molar-refractivity contribution is 7.99. The molecule has 1 atom stereocenters. The molecular formula is C7H11N3OS. The first-order chi connectivity index (χ1) is 5.72. The van der Waals surface area contributed by atoms with Crippen LogP contribution in [0.2, 0.25) is 0 Å². The molecule has 1 heterocycles. The van der Waals surface area contributed by atoms with Crippen molar-refractivity contribution in [3.05, 3.63) is 12.3 Å². The molecule has 0 saturated heterocycles. The van der Waals surface area contributed by atoms with Crippen molar-refractivity contribution in [3.8, 4) is 0 Å². The number of aliphatic hydroxyl groups excluding tert-OH is 1. The number of nitrogens with two attached hydrogens (primary N) is 1. The predicted octanol–water partition coefficient (Wildman–Crippen LogP) is 0.532. The number of rotatable bonds is 3. The molecule has 5 heteroatoms. The molecule has 0 bridgehead atoms. The SMILES string of the molecule is CC(CO)Sc1ccnc(N)n1. The fraction of sp³-hybridized carbons (Fsp3) is 0.429. The molecule has 1 aromatic heterocycles. The molecule has 1 unspecified atom stereocenters. The summed E-state index contributed by atoms with van der Waals surface area (Å²) in [5, 5.41) is 9.70. The summed E-state index contributed by atoms with van der Waals surface area (Å²) in [6.07, 6.45) is 1.61. The number of hydrogen-bond donors (Lipinski definition) is 2. The fourth-order valence-corrected chi connectivity index (χ4v) is 1.44. The number of nitrogen functional groups attached to an aromatic ring is 1. The van der Waals surface area contributed by atoms with E-state index in [1.165, 1.54) is 11.8 Å². The summed E-state index contributed by atoms with van der Waals surface area (Å²) < 4.78 is 0. The topological polar surface area (TPSA) is 72.0 Å². The maximum Gasteiger partial charge on any atom is 0.221 e. The summed E-state index contributed by atoms with van der Waals surface area (Å²) >= 11 is 1.48. The normalized spacial score (nSPS) is 12.8. The Kier molecular flexibility index (Phi) is 3.31. The third kappa shape index (κ3) is 2.67. The molecule has 3 N–H and O–H groups in total. The fourth-order valence-electron chi connectivity index (χ4n) is 0.665. The monoisotopic (exact) mass is 185 g/mol. The van der Waals surface area contributed by atoms with E-state index in [0.29, 0.717) is 0 Å². The lowest BCUT2D eigenvalue weighted by atomic mass is 10.5. The Bertz CT molecular complexity index is 256. The number of thioether (sulfide) groups is 1. The quantitative estimate of drug-likeness (QED) is 0.531. The Labute approximate surface area is 75.2 Å². The van der Waals surface area contributed by atoms with Gasteiger partial charge >= 0.3 is 0 Å². The van der Waals surface area contributed by atoms with Crippen LogP contribution in [-0.4, -0.2) is 26.9 Å². The number of hydrogen-bond acceptors (Lipinski definition) is 5. The van der Waals surface area contributed by atoms with Crippen LogP contribution in [0.15, 0.2) is 17.3 Å². The van der Waals surface area contributed by atoms with E-state index in [0.717, 1.165) is 5.03 Å². The van der Waals surface area contributed by atoms with Crippen LogP contribution in [0.1, 0.15) is 6.92 Å². The molecule has 0 aliphatic rings. The van der Waals surface area contributed by atoms with Crippen LogP contribution in [0.3, 0.4) is 0 Å². The lowest BCUT2D eigenvalue weighted by Gasteiger charge is -2.05. The molecule has 0 aliphatic carbocycles. The van der Waals surface area contributed by atoms with E-state index >= 15 is 0 Å². The first-order valence-electron chi connectivity index (χ1n) is 3.58. The molecule has 4 nitrogen and oxygen atoms in total. The van der Waals surface area contributed by atoms with E-state index in [2.05, 4.69) is 9.97 Å². The van der Waals surface area contributed by atoms with Crippen LogP contribution in [-0.2, 0) is 0 Å². The lowest BCUT2D eigenvalue weighted by molar-refractivity contribution is 0.300. The number of anilines is 1. The minimum absolute atomic E-state index is 0.134. The maximum atomic E-state index is 8.77. The summed E-state index contributed by atoms with van der Waals surface area (Å²) in [6.45, 7) is 2.05. The summed E-state index contributed by atoms with van der Waals surface area (Å²) in [5.74, 6) is 0.269. The van der Waals surface area contributed by atoms with Crippen LogP contribution >= 0.6 is 11.8 Å². The summed E-state index contributed by atoms with van der Waals surface area (Å²) in [4.78, 5) is 7.74. The average molecular weight is 185 g/mol. The van der Waals surface area contributed by atoms with Gasteiger partial charge in [0.15, 0.2) is 0 Å². The average Bonchev–Trinajstić information content (AvgIpc) is 2.04. The van der Waals surface area contributed by atoms with E-state index in [9.17, 15) is 0 Å². The molecule has 66 valence electrons. The van der Waals surface area contributed by atoms with Gasteiger partial charge in [-0.05, 0) is 6.07 Å². The van der Waals surface area contributed by atoms with E-state index in [1.54, 1.807) is 12.3 Å². The molecule has 0 spiro atoms. The minimum Gasteiger partial charge on any atom is -0.395 e. The van der Waals surface area contributed by atoms with Gasteiger partial charge in [-0.3, -0.25) is 0 Å². The second kappa shape index (κ2) is 4.27. The molecule has 0 fully saturated rings. The molecule has 0 aromatic carbocycles. The highest BCUT2D eigenvalue weighted by Crippen LogP contribution is 2.20. The number of aliphatic hydroxyl groups is 1. The van der Waals surface area contributed by atoms with Crippen molar-refractivity contribution in [1.82, 2.24) is 9.97 Å². The Morgan fingerprint density at radius 1 is 1.75 bits per heavy atom. The Balaban J connectivity index is 2.63. The molecule has 0 saturated carbocycles. The van der Waals surface area contributed by atoms with Gasteiger partial charge in [0, 0.05) is 11.4 Å². The first-order valence-corrected chi connectivity index (χ1v) is 4.46. The predicted molar refractivity (Wildman–Crippen MR) is 48.8 cm³/mol. The maximum absolute atomic E-state index is 8.77. The molecule has 0 aliphatic heterocycles. The van der Waals surface area contributed by atoms with Gasteiger partial charge in [0.2, 0.25) is 5.95 Å². The zero-order valence-electron chi connectivity index (χ0n) is 6.77. The van der Waals surface area contributed by atoms with Gasteiger partial charge in [0.25, 0.3) is 0 Å². The van der Waals surface area contributed by atoms with Gasteiger partial charge in [0.05, 0.1) is 6.61 Å². The van der Waals surface area contributed by atoms with Gasteiger partial charge in [-0.15, -0.1) is 11.8 Å². The highest BCUT2D eigenvalue weighted by Gasteiger charge is 2.03. The van der Waals surface area contributed by atoms with Crippen molar-refractivity contribution in [3.63, 3.8) is 0 Å². The van der Waals surface area contributed by atoms with E-state index < -0.39 is 0 Å². The van der Waals surface area contributed by atoms with Crippen LogP contribution < -0.4 is 5.73 Å². The van der Waals surface area contributed by atoms with E-state index in [-0.39, 0.29) is 17.8 Å². The van der Waals surface area contributed by atoms with Crippen molar-refractivity contribution in [1.29, 1.82) is 0 Å². The van der Waals surface area contributed by atoms with Crippen molar-refractivity contribution in [2.75, 3.05) is 12.3 Å². The largest absolute Gasteiger partial charge is 0.395 e. The van der Waals surface area contributed by atoms with E-state index in [1.807, 2.05) is 6.92 Å². The lowest BCUT2D eigenvalue weighted by Crippen LogP contribution is -2.03. The van der Waals surface area contributed by atoms with Crippen molar-refractivity contribution in [2.24, 2.45) is 0 Å². The second-order valence-electron chi connectivity index (χ2n) is 2.36. The van der Waals surface area contributed by atoms with Gasteiger partial charge in [0.1, 0.15) is 5.03 Å². The first kappa shape index (κ1) is 9.28. The Hall–Kier alpha value is -0.810. The van der Waals surface area contributed by atoms with Crippen LogP contribution in [0.25, 0.3) is 0 Å². The third-order valence-corrected chi connectivity index (χ3v) is 2.25. The molecule has 1 rings (SSSR count). The summed E-state index contributed by atoms with van der Waals surface area (Å²) in [7, 11) is 0. The van der Waals surface area contributed by atoms with Crippen LogP contribution in [0.4, 0.5) is 5.95 Å². The molecule has 1 aromatic rings. The number of nitrogens with zero attached hydrogens (tertiary/aromatic N) is 2. The van der Waals surface area contributed by atoms with Crippen molar-refractivity contribution < 1.29 is 5.11 Å². The molecule has 0 radical (unpaired) electrons. The molecule has 0 amide bonds. The standard InChI is InChI=1S/C7H11N3OS/c1-5(4-11)12-6-2-3-9-7(8)10-6/h2-3,5,11H,4H2,1H3,(H2,8,9,10). The zero-order chi connectivity index (χ0) is 8.97. The van der Waals surface area contributed by atoms with Gasteiger partial charge in [-0.2, -0.15) is 0 Å². The molecular weight excluding hydrogens is 174 g/mol. The van der Waals surface area contributed by atoms with Crippen molar-refractivity contribution >= 4 is 17.7 Å². The number of aromatic nitrogens is 2. The Morgan fingerprint density at radius 2 is 2.50 bits per heavy atom. The van der Waals surface area contributed by atoms with Gasteiger partial charge in [-0.1, -0.05) is 6.92 Å². The Morgan fingerprint density at radius 3 is 3.08 bits per heavy atom. The molecule has 12 heavy (non-hydrogen) atoms. The van der Waals surface area contributed by atoms with Gasteiger partial charge in [-0.25, -0.2) is 9.97 Å². The highest BCUT2D eigenvalue weighted by atomic mass is 32.2. The van der Waals surface area contributed by atoms with E-state index in [4.69, 9.17) is 10.8 Å². The van der Waals surface area contributed by atoms with Crippen molar-refractivity contribution in [2.45, 2.75) is 17.2 Å². The summed E-state index contributed by atoms with van der Waals surface area (Å²) in [6, 6.07) is 1.77. The van der Waals surface area contributed by atoms with Gasteiger partial charge < -0.3 is 10.8 Å². The smallest absolute Gasteiger partial charge is 0.221 e. The minimum atomic E-state index is 0.134. The zero-order valence-corrected chi connectivity index (χ0v) is 7.58. The third-order valence-electron chi connectivity index (χ3n) is 1.23. The second-order valence-corrected chi connectivity index (χ2v) is 3.82. The van der Waals surface area contributed by atoms with Crippen LogP contribution in [0, 0.1) is 0 Å². The van der Waals surface area contributed by atoms with Crippen LogP contribution in [0.5, 0.6) is 0 Å².